The molecule has 2 heterocycles. The molecule has 29 heteroatoms. The number of nitrogens with zero attached hydrogens (tertiary/aromatic N) is 6. The number of alkyl carbamates (subject to hydrolysis) is 2. The topological polar surface area (TPSA) is 366 Å². The third-order valence-corrected chi connectivity index (χ3v) is 11.5. The number of rotatable bonds is 32. The van der Waals surface area contributed by atoms with E-state index < -0.39 is 33.2 Å². The molecule has 0 aliphatic heterocycles. The van der Waals surface area contributed by atoms with Crippen molar-refractivity contribution in [3.05, 3.63) is 135 Å². The number of carbonyl (C=O) groups excluding carboxylic acids is 4. The van der Waals surface area contributed by atoms with Gasteiger partial charge < -0.3 is 70.2 Å². The second kappa shape index (κ2) is 40.6. The van der Waals surface area contributed by atoms with Crippen LogP contribution in [0.1, 0.15) is 114 Å². The van der Waals surface area contributed by atoms with Crippen molar-refractivity contribution in [2.45, 2.75) is 125 Å². The number of carbonyl (C=O) groups is 4. The van der Waals surface area contributed by atoms with E-state index in [2.05, 4.69) is 46.5 Å². The third kappa shape index (κ3) is 32.5. The van der Waals surface area contributed by atoms with E-state index in [-0.39, 0.29) is 53.6 Å². The second-order valence-electron chi connectivity index (χ2n) is 21.3. The molecule has 7 N–H and O–H groups in total. The van der Waals surface area contributed by atoms with Crippen molar-refractivity contribution in [2.75, 3.05) is 74.4 Å². The number of anilines is 7. The molecule has 0 fully saturated rings. The Kier molecular flexibility index (Phi) is 33.7. The zero-order valence-corrected chi connectivity index (χ0v) is 53.1. The van der Waals surface area contributed by atoms with Crippen LogP contribution in [0.15, 0.2) is 109 Å². The number of nitrogens with one attached hydrogen (secondary N) is 5. The molecule has 0 saturated heterocycles. The zero-order valence-electron chi connectivity index (χ0n) is 52.4. The van der Waals surface area contributed by atoms with Crippen molar-refractivity contribution in [1.82, 2.24) is 30.6 Å². The highest BCUT2D eigenvalue weighted by Crippen LogP contribution is 2.30. The lowest BCUT2D eigenvalue weighted by molar-refractivity contribution is -0.384. The Morgan fingerprint density at radius 3 is 1.23 bits per heavy atom. The second-order valence-corrected chi connectivity index (χ2v) is 21.7. The van der Waals surface area contributed by atoms with Gasteiger partial charge in [0.1, 0.15) is 46.6 Å². The molecule has 4 aromatic carbocycles. The van der Waals surface area contributed by atoms with Gasteiger partial charge in [0, 0.05) is 48.7 Å². The monoisotopic (exact) mass is 1300 g/mol. The number of nitrogens with two attached hydrogens (primary N) is 1. The molecule has 0 saturated carbocycles. The Labute approximate surface area is 540 Å². The number of halogens is 1. The Morgan fingerprint density at radius 2 is 0.859 bits per heavy atom. The van der Waals surface area contributed by atoms with Crippen LogP contribution in [0.4, 0.5) is 61.3 Å². The quantitative estimate of drug-likeness (QED) is 0.00434. The summed E-state index contributed by atoms with van der Waals surface area (Å²) in [5.74, 6) is 2.44. The van der Waals surface area contributed by atoms with E-state index in [0.29, 0.717) is 138 Å². The maximum absolute atomic E-state index is 11.7. The van der Waals surface area contributed by atoms with Gasteiger partial charge in [0.2, 0.25) is 22.9 Å². The molecule has 0 spiro atoms. The Balaban J connectivity index is 0.000000397. The maximum atomic E-state index is 11.7. The summed E-state index contributed by atoms with van der Waals surface area (Å²) in [6.45, 7) is 18.0. The lowest BCUT2D eigenvalue weighted by Gasteiger charge is -2.19. The number of aromatic nitrogens is 4. The molecule has 0 radical (unpaired) electrons. The molecule has 92 heavy (non-hydrogen) atoms. The lowest BCUT2D eigenvalue weighted by atomic mass is 10.2. The summed E-state index contributed by atoms with van der Waals surface area (Å²) in [6.07, 6.45) is 6.13. The minimum Gasteiger partial charge on any atom is -0.494 e. The van der Waals surface area contributed by atoms with Crippen LogP contribution in [0, 0.1) is 20.2 Å². The number of nitro groups is 2. The predicted molar refractivity (Wildman–Crippen MR) is 350 cm³/mol. The van der Waals surface area contributed by atoms with Gasteiger partial charge in [0.15, 0.2) is 0 Å². The van der Waals surface area contributed by atoms with Crippen LogP contribution < -0.4 is 51.3 Å². The highest BCUT2D eigenvalue weighted by Gasteiger charge is 2.21. The van der Waals surface area contributed by atoms with Crippen LogP contribution in [0.3, 0.4) is 0 Å². The van der Waals surface area contributed by atoms with Crippen molar-refractivity contribution in [3.63, 3.8) is 0 Å². The summed E-state index contributed by atoms with van der Waals surface area (Å²) in [7, 11) is 0. The van der Waals surface area contributed by atoms with E-state index in [4.69, 9.17) is 55.2 Å². The lowest BCUT2D eigenvalue weighted by Crippen LogP contribution is -2.33. The van der Waals surface area contributed by atoms with Gasteiger partial charge in [-0.1, -0.05) is 7.43 Å². The fourth-order valence-corrected chi connectivity index (χ4v) is 7.37. The van der Waals surface area contributed by atoms with Crippen molar-refractivity contribution in [1.29, 1.82) is 0 Å². The molecule has 2 amide bonds. The predicted octanol–water partition coefficient (Wildman–Crippen LogP) is 13.4. The first-order valence-corrected chi connectivity index (χ1v) is 29.7. The van der Waals surface area contributed by atoms with Crippen LogP contribution in [-0.4, -0.2) is 118 Å². The van der Waals surface area contributed by atoms with E-state index in [9.17, 15) is 39.4 Å². The van der Waals surface area contributed by atoms with Gasteiger partial charge in [-0.05, 0) is 203 Å². The summed E-state index contributed by atoms with van der Waals surface area (Å²) in [6, 6.07) is 28.0. The van der Waals surface area contributed by atoms with Crippen molar-refractivity contribution in [3.8, 4) is 23.0 Å². The molecule has 0 unspecified atom stereocenters. The van der Waals surface area contributed by atoms with E-state index in [1.165, 1.54) is 0 Å². The van der Waals surface area contributed by atoms with Gasteiger partial charge in [-0.2, -0.15) is 9.97 Å². The van der Waals surface area contributed by atoms with Crippen LogP contribution in [0.2, 0.25) is 5.28 Å². The van der Waals surface area contributed by atoms with Crippen molar-refractivity contribution in [2.24, 2.45) is 0 Å². The normalized spacial score (nSPS) is 10.6. The number of amides is 2. The Bertz CT molecular complexity index is 3210. The number of hydrogen-bond donors (Lipinski definition) is 6. The first kappa shape index (κ1) is 76.3. The van der Waals surface area contributed by atoms with Gasteiger partial charge in [-0.3, -0.25) is 29.8 Å². The molecule has 500 valence electrons. The fraction of sp³-hybridized carbons (Fsp3) is 0.429. The highest BCUT2D eigenvalue weighted by atomic mass is 35.5. The third-order valence-electron chi connectivity index (χ3n) is 11.3. The zero-order chi connectivity index (χ0) is 66.6. The SMILES string of the molecule is C.CC(C)(C)OC(=O)NCCCOc1ccc(N)cc1.CCOC(=O)CCCCOc1ccc(Nc2nc(Cl)ncc2[N+](=O)[O-])cc1.CCOC(=O)CCCCOc1ccc(Nc2nc(Nc3ccc(OCCCNC(=O)OC(C)(C)C)cc3)ncc2[N+](=O)[O-])cc1. The van der Waals surface area contributed by atoms with Gasteiger partial charge in [0.25, 0.3) is 0 Å². The van der Waals surface area contributed by atoms with Crippen LogP contribution >= 0.6 is 11.6 Å². The molecule has 0 atom stereocenters. The molecular formula is C63H85ClN12O16. The largest absolute Gasteiger partial charge is 0.494 e. The minimum absolute atomic E-state index is 0. The van der Waals surface area contributed by atoms with E-state index >= 15 is 0 Å². The van der Waals surface area contributed by atoms with E-state index in [0.717, 1.165) is 24.6 Å². The highest BCUT2D eigenvalue weighted by molar-refractivity contribution is 6.28. The average Bonchev–Trinajstić information content (AvgIpc) is 1.56. The molecule has 28 nitrogen and oxygen atoms in total. The molecule has 6 rings (SSSR count). The average molecular weight is 1300 g/mol. The fourth-order valence-electron chi connectivity index (χ4n) is 7.23. The molecule has 6 aromatic rings. The van der Waals surface area contributed by atoms with Crippen LogP contribution in [0.25, 0.3) is 0 Å². The summed E-state index contributed by atoms with van der Waals surface area (Å²) in [5, 5.41) is 36.7. The molecule has 0 aliphatic carbocycles. The number of esters is 2. The van der Waals surface area contributed by atoms with Crippen LogP contribution in [0.5, 0.6) is 23.0 Å². The first-order chi connectivity index (χ1) is 43.4. The smallest absolute Gasteiger partial charge is 0.407 e. The van der Waals surface area contributed by atoms with Gasteiger partial charge in [-0.15, -0.1) is 0 Å². The van der Waals surface area contributed by atoms with Gasteiger partial charge in [0.05, 0.1) is 49.5 Å². The number of unbranched alkanes of at least 4 members (excludes halogenated alkanes) is 2. The standard InChI is InChI=1S/C31H40N6O8.C17H19ClN4O5.C14H22N2O3.CH4/c1-5-42-27(38)9-6-7-19-43-24-14-10-22(11-15-24)34-28-26(37(40)41)21-33-29(36-28)35-23-12-16-25(17-13-23)44-20-8-18-32-30(39)45-31(2,3)4;1-2-26-15(23)5-3-4-10-27-13-8-6-12(7-9-13)20-16-14(22(24)25)11-19-17(18)21-16;1-14(2,3)19-13(17)16-9-4-10-18-12-7-5-11(15)6-8-12;/h10-17,21H,5-9,18-20H2,1-4H3,(H,32,39)(H2,33,34,35,36);6-9,11H,2-5,10H2,1H3,(H,19,20,21);5-8H,4,9-10,15H2,1-3H3,(H,16,17);1H4. The summed E-state index contributed by atoms with van der Waals surface area (Å²) in [5.41, 5.74) is 6.50. The van der Waals surface area contributed by atoms with Crippen LogP contribution in [-0.2, 0) is 28.5 Å². The summed E-state index contributed by atoms with van der Waals surface area (Å²) in [4.78, 5) is 83.0. The number of ether oxygens (including phenoxy) is 8. The number of hydrogen-bond acceptors (Lipinski definition) is 24. The van der Waals surface area contributed by atoms with E-state index in [1.54, 1.807) is 120 Å². The molecule has 0 aliphatic rings. The minimum atomic E-state index is -0.591. The number of nitrogen functional groups attached to an aromatic ring is 1. The van der Waals surface area contributed by atoms with E-state index in [1.807, 2.05) is 32.9 Å². The van der Waals surface area contributed by atoms with Crippen molar-refractivity contribution >= 4 is 87.4 Å². The summed E-state index contributed by atoms with van der Waals surface area (Å²) >= 11 is 5.70. The molecule has 0 bridgehead atoms. The Hall–Kier alpha value is -9.99. The summed E-state index contributed by atoms with van der Waals surface area (Å²) < 4.78 is 42.6. The van der Waals surface area contributed by atoms with Gasteiger partial charge >= 0.3 is 35.5 Å². The van der Waals surface area contributed by atoms with Gasteiger partial charge in [-0.25, -0.2) is 19.6 Å². The number of benzene rings is 4. The van der Waals surface area contributed by atoms with Crippen molar-refractivity contribution < 1.29 is 66.9 Å². The molecule has 2 aromatic heterocycles. The molecular weight excluding hydrogens is 1220 g/mol. The Morgan fingerprint density at radius 1 is 0.511 bits per heavy atom. The first-order valence-electron chi connectivity index (χ1n) is 29.3. The maximum Gasteiger partial charge on any atom is 0.407 e.